The van der Waals surface area contributed by atoms with Gasteiger partial charge in [0.2, 0.25) is 0 Å². The highest BCUT2D eigenvalue weighted by Crippen LogP contribution is 2.17. The number of carbonyl (C=O) groups is 2. The molecule has 0 radical (unpaired) electrons. The smallest absolute Gasteiger partial charge is 0.305 e. The molecule has 0 aromatic heterocycles. The number of terminal acetylenes is 1. The van der Waals surface area contributed by atoms with Crippen LogP contribution in [-0.2, 0) is 16.1 Å². The van der Waals surface area contributed by atoms with Crippen LogP contribution < -0.4 is 10.6 Å². The molecule has 0 aliphatic carbocycles. The molecule has 5 nitrogen and oxygen atoms in total. The average molecular weight is 274 g/mol. The molecule has 0 saturated heterocycles. The van der Waals surface area contributed by atoms with Crippen LogP contribution in [0.2, 0.25) is 0 Å². The minimum atomic E-state index is -0.308. The monoisotopic (exact) mass is 274 g/mol. The Balaban J connectivity index is 2.94. The average Bonchev–Trinajstić information content (AvgIpc) is 2.49. The summed E-state index contributed by atoms with van der Waals surface area (Å²) in [6.45, 7) is 1.93. The van der Waals surface area contributed by atoms with Crippen LogP contribution in [0.25, 0.3) is 0 Å². The molecule has 1 amide bonds. The highest BCUT2D eigenvalue weighted by Gasteiger charge is 2.13. The third-order valence-corrected chi connectivity index (χ3v) is 2.67. The number of benzene rings is 1. The molecule has 5 heteroatoms. The van der Waals surface area contributed by atoms with E-state index in [-0.39, 0.29) is 25.0 Å². The van der Waals surface area contributed by atoms with Gasteiger partial charge in [-0.3, -0.25) is 9.59 Å². The number of anilines is 1. The fourth-order valence-corrected chi connectivity index (χ4v) is 1.56. The number of nitrogens with one attached hydrogen (secondary N) is 2. The molecule has 0 bridgehead atoms. The third-order valence-electron chi connectivity index (χ3n) is 2.67. The fraction of sp³-hybridized carbons (Fsp3) is 0.333. The van der Waals surface area contributed by atoms with Gasteiger partial charge in [-0.05, 0) is 12.1 Å². The van der Waals surface area contributed by atoms with Crippen molar-refractivity contribution < 1.29 is 14.3 Å². The van der Waals surface area contributed by atoms with Gasteiger partial charge in [-0.2, -0.15) is 0 Å². The van der Waals surface area contributed by atoms with Crippen molar-refractivity contribution in [2.75, 3.05) is 18.9 Å². The molecule has 1 rings (SSSR count). The Morgan fingerprint density at radius 3 is 2.75 bits per heavy atom. The van der Waals surface area contributed by atoms with Crippen molar-refractivity contribution in [1.82, 2.24) is 5.32 Å². The van der Waals surface area contributed by atoms with Crippen LogP contribution in [0.5, 0.6) is 0 Å². The molecule has 0 fully saturated rings. The Kier molecular flexibility index (Phi) is 6.11. The molecule has 106 valence electrons. The summed E-state index contributed by atoms with van der Waals surface area (Å²) in [5, 5.41) is 5.55. The minimum absolute atomic E-state index is 0.0650. The first kappa shape index (κ1) is 15.6. The molecular weight excluding hydrogens is 256 g/mol. The summed E-state index contributed by atoms with van der Waals surface area (Å²) < 4.78 is 5.07. The van der Waals surface area contributed by atoms with Crippen molar-refractivity contribution in [3.05, 3.63) is 29.3 Å². The summed E-state index contributed by atoms with van der Waals surface area (Å²) in [5.41, 5.74) is 1.87. The largest absolute Gasteiger partial charge is 0.461 e. The second kappa shape index (κ2) is 7.85. The zero-order valence-electron chi connectivity index (χ0n) is 11.7. The molecule has 2 N–H and O–H groups in total. The molecule has 0 aliphatic heterocycles. The van der Waals surface area contributed by atoms with Crippen LogP contribution in [0.4, 0.5) is 5.69 Å². The van der Waals surface area contributed by atoms with Gasteiger partial charge >= 0.3 is 5.97 Å². The Bertz CT molecular complexity index is 532. The zero-order chi connectivity index (χ0) is 15.0. The quantitative estimate of drug-likeness (QED) is 0.610. The van der Waals surface area contributed by atoms with E-state index in [1.54, 1.807) is 26.1 Å². The van der Waals surface area contributed by atoms with Gasteiger partial charge < -0.3 is 15.4 Å². The van der Waals surface area contributed by atoms with Gasteiger partial charge in [0.05, 0.1) is 6.54 Å². The number of ether oxygens (including phenoxy) is 1. The standard InChI is InChI=1S/C15H18N2O3/c1-4-8-17-15(19)13-9-12(16-3)7-6-11(13)10-20-14(18)5-2/h1,6-7,9,16H,5,8,10H2,2-3H3,(H,17,19). The topological polar surface area (TPSA) is 67.4 Å². The summed E-state index contributed by atoms with van der Waals surface area (Å²) >= 11 is 0. The van der Waals surface area contributed by atoms with Crippen LogP contribution in [-0.4, -0.2) is 25.5 Å². The predicted molar refractivity (Wildman–Crippen MR) is 77.2 cm³/mol. The van der Waals surface area contributed by atoms with E-state index in [0.29, 0.717) is 17.5 Å². The van der Waals surface area contributed by atoms with Crippen LogP contribution in [0.15, 0.2) is 18.2 Å². The summed E-state index contributed by atoms with van der Waals surface area (Å²) in [6, 6.07) is 5.26. The number of amides is 1. The zero-order valence-corrected chi connectivity index (χ0v) is 11.7. The number of hydrogen-bond acceptors (Lipinski definition) is 4. The lowest BCUT2D eigenvalue weighted by atomic mass is 10.1. The summed E-state index contributed by atoms with van der Waals surface area (Å²) in [4.78, 5) is 23.2. The molecular formula is C15H18N2O3. The first-order valence-electron chi connectivity index (χ1n) is 6.30. The lowest BCUT2D eigenvalue weighted by molar-refractivity contribution is -0.144. The lowest BCUT2D eigenvalue weighted by Gasteiger charge is -2.11. The molecule has 0 spiro atoms. The van der Waals surface area contributed by atoms with Gasteiger partial charge in [-0.1, -0.05) is 18.9 Å². The first-order chi connectivity index (χ1) is 9.62. The third kappa shape index (κ3) is 4.32. The van der Waals surface area contributed by atoms with Crippen molar-refractivity contribution in [3.63, 3.8) is 0 Å². The van der Waals surface area contributed by atoms with Gasteiger partial charge in [0.25, 0.3) is 5.91 Å². The Labute approximate surface area is 118 Å². The van der Waals surface area contributed by atoms with E-state index in [4.69, 9.17) is 11.2 Å². The van der Waals surface area contributed by atoms with E-state index in [9.17, 15) is 9.59 Å². The normalized spacial score (nSPS) is 9.45. The van der Waals surface area contributed by atoms with Crippen molar-refractivity contribution in [2.24, 2.45) is 0 Å². The van der Waals surface area contributed by atoms with Crippen LogP contribution in [0.1, 0.15) is 29.3 Å². The molecule has 0 heterocycles. The maximum absolute atomic E-state index is 12.0. The van der Waals surface area contributed by atoms with Gasteiger partial charge in [0.1, 0.15) is 6.61 Å². The first-order valence-corrected chi connectivity index (χ1v) is 6.30. The molecule has 0 unspecified atom stereocenters. The van der Waals surface area contributed by atoms with Crippen LogP contribution >= 0.6 is 0 Å². The number of esters is 1. The van der Waals surface area contributed by atoms with Crippen LogP contribution in [0.3, 0.4) is 0 Å². The Morgan fingerprint density at radius 2 is 2.15 bits per heavy atom. The predicted octanol–water partition coefficient (Wildman–Crippen LogP) is 1.54. The number of rotatable bonds is 6. The van der Waals surface area contributed by atoms with Gasteiger partial charge in [0.15, 0.2) is 0 Å². The summed E-state index contributed by atoms with van der Waals surface area (Å²) in [5.74, 6) is 1.75. The molecule has 1 aromatic carbocycles. The summed E-state index contributed by atoms with van der Waals surface area (Å²) in [7, 11) is 1.76. The lowest BCUT2D eigenvalue weighted by Crippen LogP contribution is -2.25. The van der Waals surface area contributed by atoms with E-state index in [2.05, 4.69) is 16.6 Å². The minimum Gasteiger partial charge on any atom is -0.461 e. The Morgan fingerprint density at radius 1 is 1.40 bits per heavy atom. The molecule has 0 saturated carbocycles. The van der Waals surface area contributed by atoms with E-state index in [1.807, 2.05) is 6.07 Å². The SMILES string of the molecule is C#CCNC(=O)c1cc(NC)ccc1COC(=O)CC. The molecule has 0 aliphatic rings. The van der Waals surface area contributed by atoms with Crippen LogP contribution in [0, 0.1) is 12.3 Å². The van der Waals surface area contributed by atoms with E-state index in [0.717, 1.165) is 5.69 Å². The second-order valence-electron chi connectivity index (χ2n) is 4.02. The summed E-state index contributed by atoms with van der Waals surface area (Å²) in [6.07, 6.45) is 5.42. The number of hydrogen-bond donors (Lipinski definition) is 2. The van der Waals surface area contributed by atoms with Gasteiger partial charge in [-0.15, -0.1) is 6.42 Å². The van der Waals surface area contributed by atoms with Crippen molar-refractivity contribution >= 4 is 17.6 Å². The van der Waals surface area contributed by atoms with Gasteiger partial charge in [-0.25, -0.2) is 0 Å². The van der Waals surface area contributed by atoms with Crippen molar-refractivity contribution in [2.45, 2.75) is 20.0 Å². The van der Waals surface area contributed by atoms with E-state index in [1.165, 1.54) is 0 Å². The molecule has 20 heavy (non-hydrogen) atoms. The maximum Gasteiger partial charge on any atom is 0.305 e. The second-order valence-corrected chi connectivity index (χ2v) is 4.02. The van der Waals surface area contributed by atoms with Gasteiger partial charge in [0, 0.05) is 30.3 Å². The fourth-order valence-electron chi connectivity index (χ4n) is 1.56. The van der Waals surface area contributed by atoms with Crippen molar-refractivity contribution in [1.29, 1.82) is 0 Å². The molecule has 0 atom stereocenters. The maximum atomic E-state index is 12.0. The molecule has 1 aromatic rings. The highest BCUT2D eigenvalue weighted by molar-refractivity contribution is 5.96. The van der Waals surface area contributed by atoms with E-state index < -0.39 is 0 Å². The highest BCUT2D eigenvalue weighted by atomic mass is 16.5. The van der Waals surface area contributed by atoms with E-state index >= 15 is 0 Å². The Hall–Kier alpha value is -2.48. The van der Waals surface area contributed by atoms with Crippen molar-refractivity contribution in [3.8, 4) is 12.3 Å². The number of carbonyl (C=O) groups excluding carboxylic acids is 2.